The molecule has 0 aliphatic carbocycles. The van der Waals surface area contributed by atoms with Crippen molar-refractivity contribution < 1.29 is 4.74 Å². The van der Waals surface area contributed by atoms with Gasteiger partial charge in [-0.3, -0.25) is 5.10 Å². The number of aryl methyl sites for hydroxylation is 1. The minimum absolute atomic E-state index is 0.228. The summed E-state index contributed by atoms with van der Waals surface area (Å²) in [4.78, 5) is 0. The Bertz CT molecular complexity index is 273. The molecule has 0 aliphatic heterocycles. The van der Waals surface area contributed by atoms with Crippen molar-refractivity contribution in [3.05, 3.63) is 11.8 Å². The second kappa shape index (κ2) is 6.45. The van der Waals surface area contributed by atoms with Crippen LogP contribution in [0.15, 0.2) is 6.07 Å². The van der Waals surface area contributed by atoms with Crippen LogP contribution in [0.25, 0.3) is 0 Å². The minimum Gasteiger partial charge on any atom is -0.474 e. The van der Waals surface area contributed by atoms with Gasteiger partial charge in [0.2, 0.25) is 5.88 Å². The van der Waals surface area contributed by atoms with Crippen molar-refractivity contribution in [2.75, 3.05) is 13.1 Å². The van der Waals surface area contributed by atoms with E-state index in [0.29, 0.717) is 5.88 Å². The summed E-state index contributed by atoms with van der Waals surface area (Å²) in [6.45, 7) is 8.26. The summed E-state index contributed by atoms with van der Waals surface area (Å²) in [5.74, 6) is 0.698. The normalized spacial score (nSPS) is 12.7. The van der Waals surface area contributed by atoms with Crippen molar-refractivity contribution >= 4 is 0 Å². The fourth-order valence-electron chi connectivity index (χ4n) is 1.41. The first-order chi connectivity index (χ1) is 7.22. The van der Waals surface area contributed by atoms with E-state index in [2.05, 4.69) is 29.4 Å². The number of hydrogen-bond donors (Lipinski definition) is 2. The van der Waals surface area contributed by atoms with E-state index < -0.39 is 0 Å². The largest absolute Gasteiger partial charge is 0.474 e. The second-order valence-corrected chi connectivity index (χ2v) is 3.81. The van der Waals surface area contributed by atoms with Crippen LogP contribution in [0.5, 0.6) is 5.88 Å². The highest BCUT2D eigenvalue weighted by atomic mass is 16.5. The van der Waals surface area contributed by atoms with E-state index in [1.165, 1.54) is 0 Å². The molecule has 0 spiro atoms. The van der Waals surface area contributed by atoms with Crippen LogP contribution < -0.4 is 10.1 Å². The first-order valence-corrected chi connectivity index (χ1v) is 5.61. The van der Waals surface area contributed by atoms with Gasteiger partial charge in [0.1, 0.15) is 0 Å². The fraction of sp³-hybridized carbons (Fsp3) is 0.727. The summed E-state index contributed by atoms with van der Waals surface area (Å²) in [6.07, 6.45) is 2.42. The third-order valence-electron chi connectivity index (χ3n) is 2.22. The van der Waals surface area contributed by atoms with Crippen LogP contribution in [-0.2, 0) is 0 Å². The van der Waals surface area contributed by atoms with E-state index in [1.807, 2.05) is 13.0 Å². The van der Waals surface area contributed by atoms with Crippen LogP contribution in [0.2, 0.25) is 0 Å². The first-order valence-electron chi connectivity index (χ1n) is 5.61. The first kappa shape index (κ1) is 12.0. The van der Waals surface area contributed by atoms with Gasteiger partial charge >= 0.3 is 0 Å². The van der Waals surface area contributed by atoms with Gasteiger partial charge in [-0.15, -0.1) is 5.10 Å². The standard InChI is InChI=1S/C11H21N3O/c1-4-12-7-5-6-10(3)15-11-8-9(2)13-14-11/h8,10,12H,4-7H2,1-3H3,(H,13,14). The molecule has 0 amide bonds. The summed E-state index contributed by atoms with van der Waals surface area (Å²) in [5, 5.41) is 10.2. The van der Waals surface area contributed by atoms with E-state index in [1.54, 1.807) is 0 Å². The zero-order valence-corrected chi connectivity index (χ0v) is 9.84. The Kier molecular flexibility index (Phi) is 5.18. The summed E-state index contributed by atoms with van der Waals surface area (Å²) in [6, 6.07) is 1.92. The quantitative estimate of drug-likeness (QED) is 0.677. The molecule has 0 saturated carbocycles. The topological polar surface area (TPSA) is 49.9 Å². The van der Waals surface area contributed by atoms with Gasteiger partial charge in [0.05, 0.1) is 6.10 Å². The Balaban J connectivity index is 2.15. The van der Waals surface area contributed by atoms with Gasteiger partial charge in [-0.1, -0.05) is 6.92 Å². The van der Waals surface area contributed by atoms with Crippen molar-refractivity contribution in [3.8, 4) is 5.88 Å². The molecule has 0 aromatic carbocycles. The van der Waals surface area contributed by atoms with Crippen LogP contribution in [-0.4, -0.2) is 29.4 Å². The molecule has 4 heteroatoms. The highest BCUT2D eigenvalue weighted by molar-refractivity contribution is 5.12. The summed E-state index contributed by atoms with van der Waals surface area (Å²) in [7, 11) is 0. The van der Waals surface area contributed by atoms with Crippen molar-refractivity contribution in [3.63, 3.8) is 0 Å². The summed E-state index contributed by atoms with van der Waals surface area (Å²) in [5.41, 5.74) is 1.03. The molecule has 1 atom stereocenters. The predicted octanol–water partition coefficient (Wildman–Crippen LogP) is 1.88. The van der Waals surface area contributed by atoms with Crippen molar-refractivity contribution in [1.82, 2.24) is 15.5 Å². The van der Waals surface area contributed by atoms with Gasteiger partial charge in [0.25, 0.3) is 0 Å². The maximum absolute atomic E-state index is 5.65. The summed E-state index contributed by atoms with van der Waals surface area (Å²) < 4.78 is 5.65. The van der Waals surface area contributed by atoms with Crippen LogP contribution in [0, 0.1) is 6.92 Å². The van der Waals surface area contributed by atoms with Gasteiger partial charge in [-0.2, -0.15) is 0 Å². The average Bonchev–Trinajstić information content (AvgIpc) is 2.59. The monoisotopic (exact) mass is 211 g/mol. The molecule has 4 nitrogen and oxygen atoms in total. The van der Waals surface area contributed by atoms with Gasteiger partial charge in [-0.25, -0.2) is 0 Å². The van der Waals surface area contributed by atoms with E-state index in [9.17, 15) is 0 Å². The number of H-pyrrole nitrogens is 1. The number of rotatable bonds is 7. The number of aromatic nitrogens is 2. The van der Waals surface area contributed by atoms with Crippen molar-refractivity contribution in [2.24, 2.45) is 0 Å². The Labute approximate surface area is 91.4 Å². The molecule has 1 aromatic heterocycles. The molecule has 1 rings (SSSR count). The number of nitrogens with one attached hydrogen (secondary N) is 2. The lowest BCUT2D eigenvalue weighted by atomic mass is 10.2. The number of aromatic amines is 1. The molecule has 0 saturated heterocycles. The van der Waals surface area contributed by atoms with E-state index >= 15 is 0 Å². The lowest BCUT2D eigenvalue weighted by Crippen LogP contribution is -2.18. The molecular formula is C11H21N3O. The molecule has 2 N–H and O–H groups in total. The zero-order chi connectivity index (χ0) is 11.1. The van der Waals surface area contributed by atoms with E-state index in [-0.39, 0.29) is 6.10 Å². The molecule has 0 radical (unpaired) electrons. The number of ether oxygens (including phenoxy) is 1. The van der Waals surface area contributed by atoms with Crippen LogP contribution >= 0.6 is 0 Å². The van der Waals surface area contributed by atoms with E-state index in [4.69, 9.17) is 4.74 Å². The highest BCUT2D eigenvalue weighted by Gasteiger charge is 2.05. The molecule has 86 valence electrons. The minimum atomic E-state index is 0.228. The molecule has 1 unspecified atom stereocenters. The maximum atomic E-state index is 5.65. The predicted molar refractivity (Wildman–Crippen MR) is 61.2 cm³/mol. The van der Waals surface area contributed by atoms with E-state index in [0.717, 1.165) is 31.6 Å². The van der Waals surface area contributed by atoms with Crippen molar-refractivity contribution in [2.45, 2.75) is 39.7 Å². The Morgan fingerprint density at radius 2 is 2.40 bits per heavy atom. The third kappa shape index (κ3) is 4.83. The van der Waals surface area contributed by atoms with Gasteiger partial charge in [-0.05, 0) is 39.8 Å². The molecule has 1 aromatic rings. The molecule has 1 heterocycles. The van der Waals surface area contributed by atoms with Crippen molar-refractivity contribution in [1.29, 1.82) is 0 Å². The second-order valence-electron chi connectivity index (χ2n) is 3.81. The fourth-order valence-corrected chi connectivity index (χ4v) is 1.41. The van der Waals surface area contributed by atoms with Gasteiger partial charge in [0, 0.05) is 11.8 Å². The lowest BCUT2D eigenvalue weighted by molar-refractivity contribution is 0.199. The van der Waals surface area contributed by atoms with Crippen LogP contribution in [0.3, 0.4) is 0 Å². The third-order valence-corrected chi connectivity index (χ3v) is 2.22. The molecule has 15 heavy (non-hydrogen) atoms. The summed E-state index contributed by atoms with van der Waals surface area (Å²) >= 11 is 0. The molecule has 0 bridgehead atoms. The number of hydrogen-bond acceptors (Lipinski definition) is 3. The van der Waals surface area contributed by atoms with Gasteiger partial charge < -0.3 is 10.1 Å². The Hall–Kier alpha value is -1.03. The highest BCUT2D eigenvalue weighted by Crippen LogP contribution is 2.11. The lowest BCUT2D eigenvalue weighted by Gasteiger charge is -2.11. The van der Waals surface area contributed by atoms with Crippen LogP contribution in [0.4, 0.5) is 0 Å². The molecule has 0 aliphatic rings. The smallest absolute Gasteiger partial charge is 0.232 e. The average molecular weight is 211 g/mol. The Morgan fingerprint density at radius 1 is 1.60 bits per heavy atom. The molecular weight excluding hydrogens is 190 g/mol. The zero-order valence-electron chi connectivity index (χ0n) is 9.84. The Morgan fingerprint density at radius 3 is 3.00 bits per heavy atom. The van der Waals surface area contributed by atoms with Gasteiger partial charge in [0.15, 0.2) is 0 Å². The number of nitrogens with zero attached hydrogens (tertiary/aromatic N) is 1. The SMILES string of the molecule is CCNCCCC(C)Oc1cc(C)[nH]n1. The molecule has 0 fully saturated rings. The maximum Gasteiger partial charge on any atom is 0.232 e. The van der Waals surface area contributed by atoms with Crippen LogP contribution in [0.1, 0.15) is 32.4 Å².